The van der Waals surface area contributed by atoms with Crippen LogP contribution in [0.25, 0.3) is 10.9 Å². The molecule has 2 saturated heterocycles. The fraction of sp³-hybridized carbons (Fsp3) is 0.519. The zero-order chi connectivity index (χ0) is 28.7. The first-order valence-electron chi connectivity index (χ1n) is 13.9. The SMILES string of the molecule is CC1Cc2nc(C(=O)N3CCN(S(=O)(=O)c4cc5cc(Cl)ccc5[nH]4)CC3CC(=O)NCC3CCCO3)sc2CN1. The largest absolute Gasteiger partial charge is 0.376 e. The number of ether oxygens (including phenoxy) is 1. The molecular formula is C27H33ClN6O5S2. The van der Waals surface area contributed by atoms with Crippen molar-refractivity contribution in [2.24, 2.45) is 0 Å². The first kappa shape index (κ1) is 28.6. The summed E-state index contributed by atoms with van der Waals surface area (Å²) in [6.07, 6.45) is 2.54. The van der Waals surface area contributed by atoms with Crippen LogP contribution in [0.5, 0.6) is 0 Å². The topological polar surface area (TPSA) is 137 Å². The van der Waals surface area contributed by atoms with Gasteiger partial charge in [-0.05, 0) is 44.0 Å². The summed E-state index contributed by atoms with van der Waals surface area (Å²) in [6, 6.07) is 6.31. The van der Waals surface area contributed by atoms with E-state index in [1.165, 1.54) is 15.6 Å². The zero-order valence-corrected chi connectivity index (χ0v) is 25.1. The lowest BCUT2D eigenvalue weighted by atomic mass is 10.1. The van der Waals surface area contributed by atoms with Gasteiger partial charge in [0, 0.05) is 79.0 Å². The Morgan fingerprint density at radius 3 is 2.93 bits per heavy atom. The van der Waals surface area contributed by atoms with E-state index in [1.54, 1.807) is 29.2 Å². The predicted octanol–water partition coefficient (Wildman–Crippen LogP) is 2.51. The number of nitrogens with one attached hydrogen (secondary N) is 3. The van der Waals surface area contributed by atoms with Crippen molar-refractivity contribution in [3.8, 4) is 0 Å². The van der Waals surface area contributed by atoms with Gasteiger partial charge in [0.1, 0.15) is 5.03 Å². The normalized spacial score (nSPS) is 23.6. The Bertz CT molecular complexity index is 1570. The molecule has 0 bridgehead atoms. The second-order valence-electron chi connectivity index (χ2n) is 10.9. The summed E-state index contributed by atoms with van der Waals surface area (Å²) in [5.41, 5.74) is 1.58. The Labute approximate surface area is 247 Å². The number of piperazine rings is 1. The number of rotatable bonds is 7. The van der Waals surface area contributed by atoms with Gasteiger partial charge in [0.15, 0.2) is 5.01 Å². The van der Waals surface area contributed by atoms with Crippen molar-refractivity contribution < 1.29 is 22.7 Å². The van der Waals surface area contributed by atoms with Crippen LogP contribution in [0.2, 0.25) is 5.02 Å². The maximum atomic E-state index is 13.7. The van der Waals surface area contributed by atoms with E-state index < -0.39 is 16.1 Å². The van der Waals surface area contributed by atoms with Gasteiger partial charge in [-0.25, -0.2) is 13.4 Å². The molecule has 2 aromatic heterocycles. The van der Waals surface area contributed by atoms with E-state index in [9.17, 15) is 18.0 Å². The van der Waals surface area contributed by atoms with Gasteiger partial charge in [0.25, 0.3) is 15.9 Å². The third kappa shape index (κ3) is 6.02. The van der Waals surface area contributed by atoms with Crippen LogP contribution >= 0.6 is 22.9 Å². The quantitative estimate of drug-likeness (QED) is 0.369. The zero-order valence-electron chi connectivity index (χ0n) is 22.7. The average molecular weight is 621 g/mol. The molecule has 3 N–H and O–H groups in total. The lowest BCUT2D eigenvalue weighted by Crippen LogP contribution is -2.57. The number of aromatic amines is 1. The molecule has 3 aromatic rings. The minimum absolute atomic E-state index is 0.0127. The fourth-order valence-corrected chi connectivity index (χ4v) is 8.35. The van der Waals surface area contributed by atoms with Crippen LogP contribution < -0.4 is 10.6 Å². The van der Waals surface area contributed by atoms with Gasteiger partial charge in [-0.15, -0.1) is 11.3 Å². The molecule has 6 rings (SSSR count). The van der Waals surface area contributed by atoms with E-state index in [-0.39, 0.29) is 55.0 Å². The van der Waals surface area contributed by atoms with Crippen LogP contribution in [0.1, 0.15) is 46.6 Å². The molecule has 0 aliphatic carbocycles. The molecule has 0 saturated carbocycles. The van der Waals surface area contributed by atoms with E-state index in [2.05, 4.69) is 27.5 Å². The lowest BCUT2D eigenvalue weighted by Gasteiger charge is -2.40. The molecule has 2 fully saturated rings. The third-order valence-electron chi connectivity index (χ3n) is 7.93. The number of H-pyrrole nitrogens is 1. The number of carbonyl (C=O) groups is 2. The maximum Gasteiger partial charge on any atom is 0.283 e. The van der Waals surface area contributed by atoms with E-state index >= 15 is 0 Å². The number of carbonyl (C=O) groups excluding carboxylic acids is 2. The number of thiazole rings is 1. The molecule has 220 valence electrons. The minimum atomic E-state index is -3.93. The Kier molecular flexibility index (Phi) is 8.09. The summed E-state index contributed by atoms with van der Waals surface area (Å²) in [4.78, 5) is 37.1. The van der Waals surface area contributed by atoms with E-state index in [1.807, 2.05) is 0 Å². The van der Waals surface area contributed by atoms with Crippen LogP contribution in [0.4, 0.5) is 0 Å². The Morgan fingerprint density at radius 1 is 1.27 bits per heavy atom. The predicted molar refractivity (Wildman–Crippen MR) is 156 cm³/mol. The van der Waals surface area contributed by atoms with Crippen molar-refractivity contribution in [3.05, 3.63) is 44.9 Å². The number of aromatic nitrogens is 2. The summed E-state index contributed by atoms with van der Waals surface area (Å²) < 4.78 is 34.4. The number of sulfonamides is 1. The van der Waals surface area contributed by atoms with Crippen molar-refractivity contribution in [1.29, 1.82) is 0 Å². The molecule has 0 spiro atoms. The second kappa shape index (κ2) is 11.6. The molecule has 3 unspecified atom stereocenters. The Balaban J connectivity index is 1.23. The summed E-state index contributed by atoms with van der Waals surface area (Å²) in [5.74, 6) is -0.523. The molecule has 41 heavy (non-hydrogen) atoms. The average Bonchev–Trinajstić information content (AvgIpc) is 3.71. The van der Waals surface area contributed by atoms with Crippen LogP contribution in [-0.4, -0.2) is 90.4 Å². The van der Waals surface area contributed by atoms with Gasteiger partial charge in [-0.1, -0.05) is 11.6 Å². The monoisotopic (exact) mass is 620 g/mol. The molecule has 3 aliphatic heterocycles. The summed E-state index contributed by atoms with van der Waals surface area (Å²) in [5, 5.41) is 7.92. The Morgan fingerprint density at radius 2 is 2.12 bits per heavy atom. The fourth-order valence-electron chi connectivity index (χ4n) is 5.69. The number of fused-ring (bicyclic) bond motifs is 2. The van der Waals surface area contributed by atoms with Crippen LogP contribution in [0.3, 0.4) is 0 Å². The second-order valence-corrected chi connectivity index (χ2v) is 14.3. The summed E-state index contributed by atoms with van der Waals surface area (Å²) in [6.45, 7) is 4.05. The highest BCUT2D eigenvalue weighted by Gasteiger charge is 2.39. The van der Waals surface area contributed by atoms with E-state index in [0.29, 0.717) is 40.6 Å². The summed E-state index contributed by atoms with van der Waals surface area (Å²) >= 11 is 7.46. The molecule has 2 amide bonds. The van der Waals surface area contributed by atoms with Gasteiger partial charge in [0.2, 0.25) is 5.91 Å². The van der Waals surface area contributed by atoms with E-state index in [0.717, 1.165) is 29.8 Å². The van der Waals surface area contributed by atoms with Crippen molar-refractivity contribution in [1.82, 2.24) is 29.8 Å². The highest BCUT2D eigenvalue weighted by Crippen LogP contribution is 2.29. The van der Waals surface area contributed by atoms with Crippen LogP contribution in [0, 0.1) is 0 Å². The molecule has 1 aromatic carbocycles. The minimum Gasteiger partial charge on any atom is -0.376 e. The number of benzene rings is 1. The van der Waals surface area contributed by atoms with Crippen molar-refractivity contribution >= 4 is 55.7 Å². The first-order chi connectivity index (χ1) is 19.7. The van der Waals surface area contributed by atoms with Gasteiger partial charge < -0.3 is 25.3 Å². The standard InChI is InChI=1S/C27H33ClN6O5S2/c1-16-9-22-23(14-29-16)40-26(32-22)27(36)34-7-6-33(15-19(34)12-24(35)30-13-20-3-2-8-39-20)41(37,38)25-11-17-10-18(28)4-5-21(17)31-25/h4-5,10-11,16,19-20,29,31H,2-3,6-9,12-15H2,1H3,(H,30,35). The van der Waals surface area contributed by atoms with E-state index in [4.69, 9.17) is 16.3 Å². The molecule has 14 heteroatoms. The van der Waals surface area contributed by atoms with Gasteiger partial charge in [-0.2, -0.15) is 4.31 Å². The molecule has 5 heterocycles. The van der Waals surface area contributed by atoms with Gasteiger partial charge in [0.05, 0.1) is 17.8 Å². The van der Waals surface area contributed by atoms with Crippen molar-refractivity contribution in [2.75, 3.05) is 32.8 Å². The van der Waals surface area contributed by atoms with Gasteiger partial charge >= 0.3 is 0 Å². The molecule has 3 aliphatic rings. The highest BCUT2D eigenvalue weighted by molar-refractivity contribution is 7.89. The molecule has 11 nitrogen and oxygen atoms in total. The number of amides is 2. The Hall–Kier alpha value is -2.55. The molecule has 0 radical (unpaired) electrons. The maximum absolute atomic E-state index is 13.7. The van der Waals surface area contributed by atoms with Crippen LogP contribution in [-0.2, 0) is 32.5 Å². The first-order valence-corrected chi connectivity index (χ1v) is 16.5. The number of hydrogen-bond acceptors (Lipinski definition) is 8. The number of hydrogen-bond donors (Lipinski definition) is 3. The van der Waals surface area contributed by atoms with Gasteiger partial charge in [-0.3, -0.25) is 9.59 Å². The number of halogens is 1. The lowest BCUT2D eigenvalue weighted by molar-refractivity contribution is -0.122. The molecule has 3 atom stereocenters. The van der Waals surface area contributed by atoms with Crippen molar-refractivity contribution in [3.63, 3.8) is 0 Å². The molecular weight excluding hydrogens is 588 g/mol. The summed E-state index contributed by atoms with van der Waals surface area (Å²) in [7, 11) is -3.93. The smallest absolute Gasteiger partial charge is 0.283 e. The van der Waals surface area contributed by atoms with Crippen molar-refractivity contribution in [2.45, 2.75) is 62.4 Å². The van der Waals surface area contributed by atoms with Crippen LogP contribution in [0.15, 0.2) is 29.3 Å². The third-order valence-corrected chi connectivity index (χ3v) is 11.0. The number of nitrogens with zero attached hydrogens (tertiary/aromatic N) is 3. The highest BCUT2D eigenvalue weighted by atomic mass is 35.5.